The van der Waals surface area contributed by atoms with Gasteiger partial charge in [0.2, 0.25) is 0 Å². The van der Waals surface area contributed by atoms with Gasteiger partial charge in [0.15, 0.2) is 11.6 Å². The first-order valence-corrected chi connectivity index (χ1v) is 6.11. The second-order valence-electron chi connectivity index (χ2n) is 4.28. The molecule has 0 aliphatic carbocycles. The van der Waals surface area contributed by atoms with Crippen molar-refractivity contribution in [3.8, 4) is 0 Å². The van der Waals surface area contributed by atoms with Gasteiger partial charge in [-0.1, -0.05) is 18.3 Å². The summed E-state index contributed by atoms with van der Waals surface area (Å²) < 4.78 is 39.7. The first-order valence-electron chi connectivity index (χ1n) is 5.70. The Balaban J connectivity index is 2.47. The van der Waals surface area contributed by atoms with Gasteiger partial charge in [-0.3, -0.25) is 0 Å². The van der Waals surface area contributed by atoms with E-state index >= 15 is 0 Å². The Kier molecular flexibility index (Phi) is 3.94. The molecule has 3 N–H and O–H groups in total. The molecule has 0 spiro atoms. The third kappa shape index (κ3) is 2.91. The van der Waals surface area contributed by atoms with Crippen LogP contribution in [0.5, 0.6) is 0 Å². The first-order chi connectivity index (χ1) is 9.38. The summed E-state index contributed by atoms with van der Waals surface area (Å²) in [6.45, 7) is 1.83. The smallest absolute Gasteiger partial charge is 0.161 e. The minimum absolute atomic E-state index is 0.121. The van der Waals surface area contributed by atoms with Crippen molar-refractivity contribution in [1.82, 2.24) is 0 Å². The van der Waals surface area contributed by atoms with Gasteiger partial charge in [-0.15, -0.1) is 0 Å². The van der Waals surface area contributed by atoms with E-state index in [0.29, 0.717) is 17.3 Å². The molecule has 0 saturated heterocycles. The Morgan fingerprint density at radius 2 is 1.65 bits per heavy atom. The molecule has 0 saturated carbocycles. The Labute approximate surface area is 119 Å². The fourth-order valence-electron chi connectivity index (χ4n) is 1.74. The number of hydrogen-bond acceptors (Lipinski definition) is 2. The molecule has 6 heteroatoms. The van der Waals surface area contributed by atoms with Crippen molar-refractivity contribution in [1.29, 1.82) is 0 Å². The normalized spacial score (nSPS) is 10.4. The zero-order valence-corrected chi connectivity index (χ0v) is 11.3. The molecule has 0 aromatic heterocycles. The highest BCUT2D eigenvalue weighted by Crippen LogP contribution is 2.26. The second-order valence-corrected chi connectivity index (χ2v) is 4.72. The van der Waals surface area contributed by atoms with Gasteiger partial charge in [0, 0.05) is 23.4 Å². The number of thiocarbonyl (C=S) groups is 1. The number of aryl methyl sites for hydroxylation is 1. The van der Waals surface area contributed by atoms with E-state index in [9.17, 15) is 13.2 Å². The van der Waals surface area contributed by atoms with E-state index in [2.05, 4.69) is 5.32 Å². The first kappa shape index (κ1) is 14.3. The summed E-state index contributed by atoms with van der Waals surface area (Å²) in [5.41, 5.74) is 7.20. The van der Waals surface area contributed by atoms with Crippen LogP contribution in [-0.2, 0) is 0 Å². The van der Waals surface area contributed by atoms with E-state index in [0.717, 1.165) is 11.6 Å². The molecule has 0 aliphatic rings. The number of benzene rings is 2. The van der Waals surface area contributed by atoms with E-state index in [4.69, 9.17) is 18.0 Å². The summed E-state index contributed by atoms with van der Waals surface area (Å²) in [5.74, 6) is -3.29. The van der Waals surface area contributed by atoms with E-state index in [1.807, 2.05) is 6.92 Å². The monoisotopic (exact) mass is 296 g/mol. The lowest BCUT2D eigenvalue weighted by atomic mass is 10.1. The topological polar surface area (TPSA) is 38.0 Å². The molecule has 0 heterocycles. The zero-order chi connectivity index (χ0) is 14.9. The lowest BCUT2D eigenvalue weighted by molar-refractivity contribution is 0.496. The number of anilines is 2. The Morgan fingerprint density at radius 1 is 1.00 bits per heavy atom. The summed E-state index contributed by atoms with van der Waals surface area (Å²) >= 11 is 4.90. The van der Waals surface area contributed by atoms with Crippen LogP contribution in [0, 0.1) is 24.4 Å². The van der Waals surface area contributed by atoms with Crippen molar-refractivity contribution in [2.24, 2.45) is 5.73 Å². The lowest BCUT2D eigenvalue weighted by Gasteiger charge is -2.13. The Bertz CT molecular complexity index is 686. The lowest BCUT2D eigenvalue weighted by Crippen LogP contribution is -2.12. The standard InChI is InChI=1S/C14H11F3N2S/c1-7-2-3-8(14(18)20)12(4-7)19-13-6-10(16)9(15)5-11(13)17/h2-6,19H,1H3,(H2,18,20). The van der Waals surface area contributed by atoms with Gasteiger partial charge in [-0.2, -0.15) is 0 Å². The minimum Gasteiger partial charge on any atom is -0.389 e. The molecule has 20 heavy (non-hydrogen) atoms. The van der Waals surface area contributed by atoms with Gasteiger partial charge in [-0.25, -0.2) is 13.2 Å². The van der Waals surface area contributed by atoms with Crippen LogP contribution in [0.3, 0.4) is 0 Å². The summed E-state index contributed by atoms with van der Waals surface area (Å²) in [7, 11) is 0. The van der Waals surface area contributed by atoms with Gasteiger partial charge < -0.3 is 11.1 Å². The van der Waals surface area contributed by atoms with Gasteiger partial charge in [0.25, 0.3) is 0 Å². The third-order valence-electron chi connectivity index (χ3n) is 2.72. The molecular weight excluding hydrogens is 285 g/mol. The fourth-order valence-corrected chi connectivity index (χ4v) is 1.92. The van der Waals surface area contributed by atoms with Crippen molar-refractivity contribution < 1.29 is 13.2 Å². The number of hydrogen-bond donors (Lipinski definition) is 2. The van der Waals surface area contributed by atoms with Crippen molar-refractivity contribution in [2.45, 2.75) is 6.92 Å². The highest BCUT2D eigenvalue weighted by molar-refractivity contribution is 7.80. The van der Waals surface area contributed by atoms with Crippen LogP contribution in [0.4, 0.5) is 24.5 Å². The predicted octanol–water partition coefficient (Wildman–Crippen LogP) is 3.79. The van der Waals surface area contributed by atoms with Crippen molar-refractivity contribution in [3.63, 3.8) is 0 Å². The summed E-state index contributed by atoms with van der Waals surface area (Å²) in [4.78, 5) is 0.121. The number of rotatable bonds is 3. The average molecular weight is 296 g/mol. The van der Waals surface area contributed by atoms with Crippen LogP contribution >= 0.6 is 12.2 Å². The maximum atomic E-state index is 13.6. The van der Waals surface area contributed by atoms with Crippen LogP contribution in [0.2, 0.25) is 0 Å². The molecule has 0 fully saturated rings. The molecule has 2 nitrogen and oxygen atoms in total. The van der Waals surface area contributed by atoms with E-state index < -0.39 is 17.5 Å². The molecule has 0 radical (unpaired) electrons. The highest BCUT2D eigenvalue weighted by Gasteiger charge is 2.12. The van der Waals surface area contributed by atoms with Crippen LogP contribution in [0.1, 0.15) is 11.1 Å². The maximum Gasteiger partial charge on any atom is 0.161 e. The molecule has 0 amide bonds. The molecule has 0 bridgehead atoms. The molecular formula is C14H11F3N2S. The Hall–Kier alpha value is -2.08. The van der Waals surface area contributed by atoms with Gasteiger partial charge in [-0.05, 0) is 24.6 Å². The highest BCUT2D eigenvalue weighted by atomic mass is 32.1. The average Bonchev–Trinajstić information content (AvgIpc) is 2.35. The molecule has 2 aromatic carbocycles. The SMILES string of the molecule is Cc1ccc(C(N)=S)c(Nc2cc(F)c(F)cc2F)c1. The van der Waals surface area contributed by atoms with Crippen molar-refractivity contribution in [3.05, 3.63) is 58.9 Å². The molecule has 2 aromatic rings. The Morgan fingerprint density at radius 3 is 2.30 bits per heavy atom. The molecule has 2 rings (SSSR count). The minimum atomic E-state index is -1.24. The fraction of sp³-hybridized carbons (Fsp3) is 0.0714. The number of nitrogens with one attached hydrogen (secondary N) is 1. The van der Waals surface area contributed by atoms with Crippen LogP contribution < -0.4 is 11.1 Å². The predicted molar refractivity (Wildman–Crippen MR) is 76.7 cm³/mol. The van der Waals surface area contributed by atoms with Gasteiger partial charge in [0.1, 0.15) is 10.8 Å². The molecule has 0 atom stereocenters. The van der Waals surface area contributed by atoms with Gasteiger partial charge in [0.05, 0.1) is 5.69 Å². The third-order valence-corrected chi connectivity index (χ3v) is 2.94. The largest absolute Gasteiger partial charge is 0.389 e. The van der Waals surface area contributed by atoms with E-state index in [1.165, 1.54) is 0 Å². The quantitative estimate of drug-likeness (QED) is 0.668. The summed E-state index contributed by atoms with van der Waals surface area (Å²) in [6, 6.07) is 6.39. The summed E-state index contributed by atoms with van der Waals surface area (Å²) in [5, 5.41) is 2.68. The second kappa shape index (κ2) is 5.50. The van der Waals surface area contributed by atoms with E-state index in [1.54, 1.807) is 18.2 Å². The van der Waals surface area contributed by atoms with Crippen molar-refractivity contribution in [2.75, 3.05) is 5.32 Å². The van der Waals surface area contributed by atoms with E-state index in [-0.39, 0.29) is 10.7 Å². The number of halogens is 3. The summed E-state index contributed by atoms with van der Waals surface area (Å²) in [6.07, 6.45) is 0. The molecule has 0 aliphatic heterocycles. The molecule has 104 valence electrons. The van der Waals surface area contributed by atoms with Gasteiger partial charge >= 0.3 is 0 Å². The van der Waals surface area contributed by atoms with Crippen LogP contribution in [0.25, 0.3) is 0 Å². The maximum absolute atomic E-state index is 13.6. The van der Waals surface area contributed by atoms with Crippen molar-refractivity contribution >= 4 is 28.6 Å². The van der Waals surface area contributed by atoms with Crippen LogP contribution in [-0.4, -0.2) is 4.99 Å². The molecule has 0 unspecified atom stereocenters. The van der Waals surface area contributed by atoms with Crippen LogP contribution in [0.15, 0.2) is 30.3 Å². The number of nitrogens with two attached hydrogens (primary N) is 1. The zero-order valence-electron chi connectivity index (χ0n) is 10.5.